The molecule has 0 spiro atoms. The number of anilines is 1. The Balaban J connectivity index is 1.58. The molecule has 10 heteroatoms. The molecule has 3 aromatic heterocycles. The molecule has 0 radical (unpaired) electrons. The van der Waals surface area contributed by atoms with Gasteiger partial charge in [0.25, 0.3) is 0 Å². The van der Waals surface area contributed by atoms with Crippen molar-refractivity contribution in [2.75, 3.05) is 18.1 Å². The highest BCUT2D eigenvalue weighted by molar-refractivity contribution is 5.94. The van der Waals surface area contributed by atoms with E-state index < -0.39 is 17.3 Å². The van der Waals surface area contributed by atoms with E-state index >= 15 is 0 Å². The second-order valence-electron chi connectivity index (χ2n) is 7.98. The normalized spacial score (nSPS) is 23.4. The maximum Gasteiger partial charge on any atom is 0.341 e. The summed E-state index contributed by atoms with van der Waals surface area (Å²) in [6.45, 7) is 2.82. The van der Waals surface area contributed by atoms with Crippen LogP contribution < -0.4 is 15.4 Å². The first-order chi connectivity index (χ1) is 14.4. The third kappa shape index (κ3) is 2.78. The van der Waals surface area contributed by atoms with Gasteiger partial charge >= 0.3 is 5.97 Å². The fourth-order valence-corrected chi connectivity index (χ4v) is 4.49. The molecule has 156 valence electrons. The molecule has 1 saturated carbocycles. The summed E-state index contributed by atoms with van der Waals surface area (Å²) in [5.74, 6) is -0.207. The highest BCUT2D eigenvalue weighted by atomic mass is 19.1. The Morgan fingerprint density at radius 2 is 2.33 bits per heavy atom. The van der Waals surface area contributed by atoms with Crippen LogP contribution in [0.25, 0.3) is 5.65 Å². The van der Waals surface area contributed by atoms with Crippen LogP contribution in [-0.2, 0) is 5.54 Å². The fourth-order valence-electron chi connectivity index (χ4n) is 4.49. The highest BCUT2D eigenvalue weighted by Gasteiger charge is 2.65. The van der Waals surface area contributed by atoms with E-state index in [-0.39, 0.29) is 23.9 Å². The maximum absolute atomic E-state index is 14.2. The first-order valence-electron chi connectivity index (χ1n) is 9.80. The number of nitrogens with two attached hydrogens (primary N) is 1. The number of ether oxygens (including phenoxy) is 1. The molecule has 3 N–H and O–H groups in total. The van der Waals surface area contributed by atoms with E-state index in [2.05, 4.69) is 20.0 Å². The van der Waals surface area contributed by atoms with Gasteiger partial charge < -0.3 is 20.5 Å². The van der Waals surface area contributed by atoms with Gasteiger partial charge in [-0.2, -0.15) is 5.10 Å². The van der Waals surface area contributed by atoms with E-state index in [0.29, 0.717) is 29.7 Å². The molecule has 4 heterocycles. The van der Waals surface area contributed by atoms with Crippen LogP contribution >= 0.6 is 0 Å². The molecule has 3 aromatic rings. The number of pyridine rings is 1. The molecule has 2 aliphatic rings. The van der Waals surface area contributed by atoms with Crippen LogP contribution in [0.5, 0.6) is 5.88 Å². The predicted octanol–water partition coefficient (Wildman–Crippen LogP) is 1.81. The minimum atomic E-state index is -1.09. The molecule has 30 heavy (non-hydrogen) atoms. The van der Waals surface area contributed by atoms with Crippen LogP contribution in [0.4, 0.5) is 10.2 Å². The average molecular weight is 412 g/mol. The van der Waals surface area contributed by atoms with Crippen molar-refractivity contribution in [3.8, 4) is 5.88 Å². The summed E-state index contributed by atoms with van der Waals surface area (Å²) in [5, 5.41) is 13.4. The first-order valence-corrected chi connectivity index (χ1v) is 9.80. The summed E-state index contributed by atoms with van der Waals surface area (Å²) in [5.41, 5.74) is 6.32. The van der Waals surface area contributed by atoms with Gasteiger partial charge in [-0.25, -0.2) is 23.7 Å². The largest absolute Gasteiger partial charge is 0.477 e. The molecule has 2 fully saturated rings. The van der Waals surface area contributed by atoms with Crippen LogP contribution in [0.15, 0.2) is 30.7 Å². The predicted molar refractivity (Wildman–Crippen MR) is 105 cm³/mol. The fraction of sp³-hybridized carbons (Fsp3) is 0.400. The lowest BCUT2D eigenvalue weighted by Crippen LogP contribution is -2.34. The van der Waals surface area contributed by atoms with Crippen LogP contribution in [0.2, 0.25) is 0 Å². The molecular weight excluding hydrogens is 391 g/mol. The molecule has 5 rings (SSSR count). The minimum Gasteiger partial charge on any atom is -0.477 e. The number of rotatable bonds is 6. The number of carbonyl (C=O) groups is 1. The third-order valence-electron chi connectivity index (χ3n) is 5.88. The lowest BCUT2D eigenvalue weighted by molar-refractivity contribution is 0.0698. The van der Waals surface area contributed by atoms with Gasteiger partial charge in [0.05, 0.1) is 17.9 Å². The molecule has 0 amide bonds. The lowest BCUT2D eigenvalue weighted by atomic mass is 10.0. The van der Waals surface area contributed by atoms with E-state index in [0.717, 1.165) is 19.0 Å². The highest BCUT2D eigenvalue weighted by Crippen LogP contribution is 2.64. The number of aromatic carboxylic acids is 1. The maximum atomic E-state index is 14.2. The summed E-state index contributed by atoms with van der Waals surface area (Å²) in [6.07, 6.45) is 5.85. The molecule has 9 nitrogen and oxygen atoms in total. The van der Waals surface area contributed by atoms with Gasteiger partial charge in [-0.15, -0.1) is 0 Å². The molecule has 3 unspecified atom stereocenters. The monoisotopic (exact) mass is 412 g/mol. The van der Waals surface area contributed by atoms with Crippen LogP contribution in [0.1, 0.15) is 35.7 Å². The van der Waals surface area contributed by atoms with Gasteiger partial charge in [-0.3, -0.25) is 0 Å². The number of piperidine rings is 1. The molecule has 1 aliphatic carbocycles. The van der Waals surface area contributed by atoms with Crippen molar-refractivity contribution in [2.24, 2.45) is 11.7 Å². The Bertz CT molecular complexity index is 1150. The zero-order chi connectivity index (χ0) is 21.0. The second kappa shape index (κ2) is 6.63. The Morgan fingerprint density at radius 3 is 3.07 bits per heavy atom. The average Bonchev–Trinajstić information content (AvgIpc) is 3.09. The molecule has 0 bridgehead atoms. The van der Waals surface area contributed by atoms with Crippen molar-refractivity contribution >= 4 is 17.4 Å². The molecule has 0 aromatic carbocycles. The lowest BCUT2D eigenvalue weighted by Gasteiger charge is -2.31. The van der Waals surface area contributed by atoms with Crippen molar-refractivity contribution in [3.05, 3.63) is 47.7 Å². The van der Waals surface area contributed by atoms with Gasteiger partial charge in [0.2, 0.25) is 5.88 Å². The number of nitrogens with zero attached hydrogens (tertiary/aromatic N) is 5. The van der Waals surface area contributed by atoms with E-state index in [1.54, 1.807) is 12.3 Å². The zero-order valence-electron chi connectivity index (χ0n) is 16.3. The summed E-state index contributed by atoms with van der Waals surface area (Å²) < 4.78 is 21.4. The third-order valence-corrected chi connectivity index (χ3v) is 5.88. The summed E-state index contributed by atoms with van der Waals surface area (Å²) in [7, 11) is 0. The number of carboxylic acid groups (broad SMARTS) is 1. The SMILES string of the molecule is CC(N)COc1ncc(F)cc1C12CC1CCN2c1ccn2ncc(C(=O)O)c2n1. The molecule has 1 aliphatic heterocycles. The summed E-state index contributed by atoms with van der Waals surface area (Å²) in [6, 6.07) is 3.09. The number of aromatic nitrogens is 4. The standard InChI is InChI=1S/C20H21FN6O3/c1-11(22)10-30-18-15(6-13(21)8-23-18)20-7-12(20)2-4-26(20)16-3-5-27-17(25-16)14(9-24-27)19(28)29/h3,5-6,8-9,11-12H,2,4,7,10,22H2,1H3,(H,28,29). The molecule has 1 saturated heterocycles. The van der Waals surface area contributed by atoms with E-state index in [1.165, 1.54) is 16.8 Å². The van der Waals surface area contributed by atoms with Gasteiger partial charge in [0, 0.05) is 24.3 Å². The van der Waals surface area contributed by atoms with Crippen molar-refractivity contribution in [3.63, 3.8) is 0 Å². The van der Waals surface area contributed by atoms with E-state index in [9.17, 15) is 14.3 Å². The second-order valence-corrected chi connectivity index (χ2v) is 7.98. The van der Waals surface area contributed by atoms with Gasteiger partial charge in [0.15, 0.2) is 5.65 Å². The van der Waals surface area contributed by atoms with Crippen LogP contribution in [-0.4, -0.2) is 49.9 Å². The summed E-state index contributed by atoms with van der Waals surface area (Å²) in [4.78, 5) is 22.4. The first kappa shape index (κ1) is 18.7. The smallest absolute Gasteiger partial charge is 0.341 e. The van der Waals surface area contributed by atoms with Crippen molar-refractivity contribution in [1.82, 2.24) is 19.6 Å². The Kier molecular flexibility index (Phi) is 4.14. The number of halogens is 1. The van der Waals surface area contributed by atoms with E-state index in [1.807, 2.05) is 6.92 Å². The van der Waals surface area contributed by atoms with E-state index in [4.69, 9.17) is 10.5 Å². The number of hydrogen-bond acceptors (Lipinski definition) is 7. The van der Waals surface area contributed by atoms with Crippen molar-refractivity contribution in [1.29, 1.82) is 0 Å². The zero-order valence-corrected chi connectivity index (χ0v) is 16.3. The Hall–Kier alpha value is -3.27. The summed E-state index contributed by atoms with van der Waals surface area (Å²) >= 11 is 0. The van der Waals surface area contributed by atoms with Crippen LogP contribution in [0, 0.1) is 11.7 Å². The molecular formula is C20H21FN6O3. The number of carboxylic acids is 1. The minimum absolute atomic E-state index is 0.0332. The van der Waals surface area contributed by atoms with Crippen molar-refractivity contribution < 1.29 is 19.0 Å². The van der Waals surface area contributed by atoms with Crippen molar-refractivity contribution in [2.45, 2.75) is 31.3 Å². The van der Waals surface area contributed by atoms with Gasteiger partial charge in [-0.1, -0.05) is 0 Å². The Morgan fingerprint density at radius 1 is 1.50 bits per heavy atom. The van der Waals surface area contributed by atoms with Gasteiger partial charge in [-0.05, 0) is 37.8 Å². The van der Waals surface area contributed by atoms with Crippen LogP contribution in [0.3, 0.4) is 0 Å². The number of hydrogen-bond donors (Lipinski definition) is 2. The topological polar surface area (TPSA) is 119 Å². The number of fused-ring (bicyclic) bond motifs is 2. The quantitative estimate of drug-likeness (QED) is 0.629. The Labute approximate surface area is 171 Å². The van der Waals surface area contributed by atoms with Gasteiger partial charge in [0.1, 0.15) is 23.8 Å². The molecule has 3 atom stereocenters.